The monoisotopic (exact) mass is 281 g/mol. The first-order valence-corrected chi connectivity index (χ1v) is 7.03. The smallest absolute Gasteiger partial charge is 0.319 e. The van der Waals surface area contributed by atoms with Gasteiger partial charge in [0.2, 0.25) is 11.8 Å². The van der Waals surface area contributed by atoms with Gasteiger partial charge in [0.1, 0.15) is 5.54 Å². The number of piperazine rings is 1. The zero-order valence-corrected chi connectivity index (χ0v) is 12.6. The Labute approximate surface area is 119 Å². The van der Waals surface area contributed by atoms with Crippen LogP contribution >= 0.6 is 0 Å². The summed E-state index contributed by atoms with van der Waals surface area (Å²) in [5, 5.41) is 11.3. The van der Waals surface area contributed by atoms with Crippen molar-refractivity contribution < 1.29 is 9.21 Å². The minimum Gasteiger partial charge on any atom is -0.407 e. The molecule has 0 spiro atoms. The molecule has 0 radical (unpaired) electrons. The van der Waals surface area contributed by atoms with Gasteiger partial charge in [-0.25, -0.2) is 0 Å². The highest BCUT2D eigenvalue weighted by atomic mass is 16.4. The molecule has 1 amide bonds. The van der Waals surface area contributed by atoms with Gasteiger partial charge in [0, 0.05) is 20.1 Å². The Kier molecular flexibility index (Phi) is 4.27. The number of carbonyl (C=O) groups is 1. The molecule has 1 aromatic heterocycles. The Morgan fingerprint density at radius 3 is 2.80 bits per heavy atom. The third-order valence-corrected chi connectivity index (χ3v) is 3.59. The highest BCUT2D eigenvalue weighted by Gasteiger charge is 2.42. The van der Waals surface area contributed by atoms with Crippen LogP contribution in [0.15, 0.2) is 4.42 Å². The van der Waals surface area contributed by atoms with E-state index < -0.39 is 5.54 Å². The van der Waals surface area contributed by atoms with E-state index in [4.69, 9.17) is 4.42 Å². The van der Waals surface area contributed by atoms with Crippen LogP contribution in [0.1, 0.15) is 33.1 Å². The molecule has 1 fully saturated rings. The molecule has 0 aromatic carbocycles. The molecule has 20 heavy (non-hydrogen) atoms. The molecule has 1 N–H and O–H groups in total. The van der Waals surface area contributed by atoms with Crippen molar-refractivity contribution in [3.63, 3.8) is 0 Å². The SMILES string of the molecule is CCCNCc1nnc(N2CCN(C)C(=O)C2(C)C)o1. The first kappa shape index (κ1) is 14.8. The van der Waals surface area contributed by atoms with E-state index in [0.717, 1.165) is 13.0 Å². The van der Waals surface area contributed by atoms with Crippen molar-refractivity contribution in [2.45, 2.75) is 39.3 Å². The van der Waals surface area contributed by atoms with E-state index in [0.29, 0.717) is 31.5 Å². The van der Waals surface area contributed by atoms with E-state index in [1.807, 2.05) is 25.8 Å². The lowest BCUT2D eigenvalue weighted by Crippen LogP contribution is -2.62. The van der Waals surface area contributed by atoms with Crippen LogP contribution in [0.25, 0.3) is 0 Å². The first-order valence-electron chi connectivity index (χ1n) is 7.03. The van der Waals surface area contributed by atoms with Gasteiger partial charge in [-0.3, -0.25) is 4.79 Å². The summed E-state index contributed by atoms with van der Waals surface area (Å²) in [4.78, 5) is 15.8. The quantitative estimate of drug-likeness (QED) is 0.798. The van der Waals surface area contributed by atoms with Gasteiger partial charge in [0.15, 0.2) is 0 Å². The molecule has 1 aliphatic rings. The number of anilines is 1. The number of hydrogen-bond donors (Lipinski definition) is 1. The van der Waals surface area contributed by atoms with Gasteiger partial charge in [-0.2, -0.15) is 0 Å². The van der Waals surface area contributed by atoms with Gasteiger partial charge in [0.25, 0.3) is 0 Å². The van der Waals surface area contributed by atoms with E-state index in [1.54, 1.807) is 4.90 Å². The van der Waals surface area contributed by atoms with Gasteiger partial charge in [0.05, 0.1) is 6.54 Å². The normalized spacial score (nSPS) is 18.7. The zero-order chi connectivity index (χ0) is 14.8. The fourth-order valence-corrected chi connectivity index (χ4v) is 2.35. The number of carbonyl (C=O) groups excluding carboxylic acids is 1. The lowest BCUT2D eigenvalue weighted by molar-refractivity contribution is -0.136. The van der Waals surface area contributed by atoms with Gasteiger partial charge in [-0.1, -0.05) is 12.0 Å². The average molecular weight is 281 g/mol. The van der Waals surface area contributed by atoms with Crippen molar-refractivity contribution in [2.75, 3.05) is 31.6 Å². The molecule has 112 valence electrons. The number of amides is 1. The average Bonchev–Trinajstić information content (AvgIpc) is 2.85. The van der Waals surface area contributed by atoms with Gasteiger partial charge >= 0.3 is 6.01 Å². The molecular formula is C13H23N5O2. The molecule has 1 aliphatic heterocycles. The number of aromatic nitrogens is 2. The summed E-state index contributed by atoms with van der Waals surface area (Å²) in [6.45, 7) is 8.69. The maximum absolute atomic E-state index is 12.2. The van der Waals surface area contributed by atoms with E-state index in [-0.39, 0.29) is 5.91 Å². The van der Waals surface area contributed by atoms with Crippen LogP contribution in [0, 0.1) is 0 Å². The van der Waals surface area contributed by atoms with E-state index in [2.05, 4.69) is 22.4 Å². The number of nitrogens with zero attached hydrogens (tertiary/aromatic N) is 4. The Hall–Kier alpha value is -1.63. The van der Waals surface area contributed by atoms with Crippen LogP contribution in [0.3, 0.4) is 0 Å². The highest BCUT2D eigenvalue weighted by molar-refractivity contribution is 5.89. The Bertz CT molecular complexity index is 471. The fraction of sp³-hybridized carbons (Fsp3) is 0.769. The summed E-state index contributed by atoms with van der Waals surface area (Å²) < 4.78 is 5.66. The number of nitrogens with one attached hydrogen (secondary N) is 1. The summed E-state index contributed by atoms with van der Waals surface area (Å²) in [5.74, 6) is 0.614. The molecule has 0 aliphatic carbocycles. The van der Waals surface area contributed by atoms with Crippen molar-refractivity contribution in [3.8, 4) is 0 Å². The lowest BCUT2D eigenvalue weighted by atomic mass is 9.98. The molecular weight excluding hydrogens is 258 g/mol. The number of rotatable bonds is 5. The van der Waals surface area contributed by atoms with Crippen LogP contribution in [-0.2, 0) is 11.3 Å². The largest absolute Gasteiger partial charge is 0.407 e. The van der Waals surface area contributed by atoms with Crippen LogP contribution in [0.4, 0.5) is 6.01 Å². The van der Waals surface area contributed by atoms with Gasteiger partial charge in [-0.15, -0.1) is 5.10 Å². The third kappa shape index (κ3) is 2.77. The second-order valence-electron chi connectivity index (χ2n) is 5.59. The maximum Gasteiger partial charge on any atom is 0.319 e. The molecule has 0 bridgehead atoms. The topological polar surface area (TPSA) is 74.5 Å². The van der Waals surface area contributed by atoms with Crippen LogP contribution in [0.2, 0.25) is 0 Å². The lowest BCUT2D eigenvalue weighted by Gasteiger charge is -2.43. The molecule has 0 unspecified atom stereocenters. The Balaban J connectivity index is 2.09. The predicted octanol–water partition coefficient (Wildman–Crippen LogP) is 0.626. The maximum atomic E-state index is 12.2. The van der Waals surface area contributed by atoms with Crippen LogP contribution in [0.5, 0.6) is 0 Å². The first-order chi connectivity index (χ1) is 9.46. The van der Waals surface area contributed by atoms with Crippen LogP contribution in [-0.4, -0.2) is 53.2 Å². The van der Waals surface area contributed by atoms with E-state index in [9.17, 15) is 4.79 Å². The molecule has 1 saturated heterocycles. The predicted molar refractivity (Wildman–Crippen MR) is 75.4 cm³/mol. The number of hydrogen-bond acceptors (Lipinski definition) is 6. The summed E-state index contributed by atoms with van der Waals surface area (Å²) >= 11 is 0. The van der Waals surface area contributed by atoms with Crippen molar-refractivity contribution >= 4 is 11.9 Å². The number of likely N-dealkylation sites (N-methyl/N-ethyl adjacent to an activating group) is 1. The molecule has 0 saturated carbocycles. The minimum atomic E-state index is -0.659. The fourth-order valence-electron chi connectivity index (χ4n) is 2.35. The van der Waals surface area contributed by atoms with Crippen LogP contribution < -0.4 is 10.2 Å². The third-order valence-electron chi connectivity index (χ3n) is 3.59. The van der Waals surface area contributed by atoms with Gasteiger partial charge in [-0.05, 0) is 26.8 Å². The van der Waals surface area contributed by atoms with Crippen molar-refractivity contribution in [1.29, 1.82) is 0 Å². The minimum absolute atomic E-state index is 0.0626. The molecule has 2 heterocycles. The van der Waals surface area contributed by atoms with Gasteiger partial charge < -0.3 is 19.5 Å². The van der Waals surface area contributed by atoms with Crippen molar-refractivity contribution in [2.24, 2.45) is 0 Å². The molecule has 1 aromatic rings. The van der Waals surface area contributed by atoms with Crippen molar-refractivity contribution in [1.82, 2.24) is 20.4 Å². The molecule has 0 atom stereocenters. The summed E-state index contributed by atoms with van der Waals surface area (Å²) in [7, 11) is 1.81. The summed E-state index contributed by atoms with van der Waals surface area (Å²) in [6, 6.07) is 0.421. The van der Waals surface area contributed by atoms with Crippen molar-refractivity contribution in [3.05, 3.63) is 5.89 Å². The Morgan fingerprint density at radius 1 is 1.35 bits per heavy atom. The second-order valence-corrected chi connectivity index (χ2v) is 5.59. The zero-order valence-electron chi connectivity index (χ0n) is 12.6. The van der Waals surface area contributed by atoms with E-state index in [1.165, 1.54) is 0 Å². The standard InChI is InChI=1S/C13H23N5O2/c1-5-6-14-9-10-15-16-12(20-10)18-8-7-17(4)11(19)13(18,2)3/h14H,5-9H2,1-4H3. The highest BCUT2D eigenvalue weighted by Crippen LogP contribution is 2.27. The molecule has 7 heteroatoms. The molecule has 2 rings (SSSR count). The second kappa shape index (κ2) is 5.78. The summed E-state index contributed by atoms with van der Waals surface area (Å²) in [6.07, 6.45) is 1.06. The Morgan fingerprint density at radius 2 is 2.10 bits per heavy atom. The summed E-state index contributed by atoms with van der Waals surface area (Å²) in [5.41, 5.74) is -0.659. The molecule has 7 nitrogen and oxygen atoms in total. The van der Waals surface area contributed by atoms with E-state index >= 15 is 0 Å².